The molecular formula is C19H16F5N5O. The molecule has 0 radical (unpaired) electrons. The number of pyridine rings is 1. The fourth-order valence-corrected chi connectivity index (χ4v) is 3.51. The van der Waals surface area contributed by atoms with E-state index in [0.29, 0.717) is 31.3 Å². The predicted molar refractivity (Wildman–Crippen MR) is 96.9 cm³/mol. The fourth-order valence-electron chi connectivity index (χ4n) is 3.51. The number of alkyl halides is 3. The van der Waals surface area contributed by atoms with Gasteiger partial charge in [-0.05, 0) is 37.1 Å². The first-order valence-electron chi connectivity index (χ1n) is 9.15. The van der Waals surface area contributed by atoms with Crippen molar-refractivity contribution in [1.29, 1.82) is 0 Å². The third-order valence-electron chi connectivity index (χ3n) is 5.00. The van der Waals surface area contributed by atoms with Crippen LogP contribution in [0.15, 0.2) is 36.5 Å². The average molecular weight is 425 g/mol. The van der Waals surface area contributed by atoms with Crippen LogP contribution in [-0.4, -0.2) is 38.6 Å². The monoisotopic (exact) mass is 425 g/mol. The minimum atomic E-state index is -4.51. The van der Waals surface area contributed by atoms with Gasteiger partial charge in [-0.1, -0.05) is 0 Å². The minimum Gasteiger partial charge on any atom is -0.324 e. The molecule has 0 aliphatic carbocycles. The molecule has 158 valence electrons. The number of hydrogen-bond acceptors (Lipinski definition) is 3. The standard InChI is InChI=1S/C19H16F5N5O/c20-13-4-5-15(14(21)8-13)25-18(30)28-7-1-2-11(9-28)17-27-26-16-6-3-12(10-29(16)17)19(22,23)24/h3-6,8,10-11H,1-2,7,9H2,(H,25,30). The molecule has 1 aliphatic heterocycles. The Kier molecular flexibility index (Phi) is 5.04. The Morgan fingerprint density at radius 2 is 1.93 bits per heavy atom. The summed E-state index contributed by atoms with van der Waals surface area (Å²) in [7, 11) is 0. The fraction of sp³-hybridized carbons (Fsp3) is 0.316. The number of nitrogens with zero attached hydrogens (tertiary/aromatic N) is 4. The molecular weight excluding hydrogens is 409 g/mol. The number of rotatable bonds is 2. The summed E-state index contributed by atoms with van der Waals surface area (Å²) < 4.78 is 67.3. The Balaban J connectivity index is 1.54. The lowest BCUT2D eigenvalue weighted by Crippen LogP contribution is -2.42. The summed E-state index contributed by atoms with van der Waals surface area (Å²) in [5, 5.41) is 10.3. The van der Waals surface area contributed by atoms with Crippen LogP contribution in [0.5, 0.6) is 0 Å². The number of benzene rings is 1. The summed E-state index contributed by atoms with van der Waals surface area (Å²) in [6.45, 7) is 0.557. The van der Waals surface area contributed by atoms with Gasteiger partial charge in [0.25, 0.3) is 0 Å². The number of fused-ring (bicyclic) bond motifs is 1. The van der Waals surface area contributed by atoms with E-state index < -0.39 is 29.4 Å². The number of urea groups is 1. The van der Waals surface area contributed by atoms with E-state index in [2.05, 4.69) is 15.5 Å². The smallest absolute Gasteiger partial charge is 0.324 e. The molecule has 1 atom stereocenters. The number of amides is 2. The van der Waals surface area contributed by atoms with Crippen molar-refractivity contribution in [3.8, 4) is 0 Å². The Bertz CT molecular complexity index is 1100. The third kappa shape index (κ3) is 3.91. The van der Waals surface area contributed by atoms with Crippen molar-refractivity contribution >= 4 is 17.4 Å². The molecule has 3 aromatic rings. The largest absolute Gasteiger partial charge is 0.417 e. The van der Waals surface area contributed by atoms with Gasteiger partial charge >= 0.3 is 12.2 Å². The van der Waals surface area contributed by atoms with E-state index in [1.54, 1.807) is 0 Å². The van der Waals surface area contributed by atoms with E-state index in [-0.39, 0.29) is 23.8 Å². The molecule has 3 heterocycles. The molecule has 1 saturated heterocycles. The molecule has 0 bridgehead atoms. The lowest BCUT2D eigenvalue weighted by molar-refractivity contribution is -0.137. The first-order valence-corrected chi connectivity index (χ1v) is 9.15. The zero-order chi connectivity index (χ0) is 21.5. The predicted octanol–water partition coefficient (Wildman–Crippen LogP) is 4.44. The summed E-state index contributed by atoms with van der Waals surface area (Å²) in [6.07, 6.45) is -2.38. The van der Waals surface area contributed by atoms with Crippen LogP contribution in [0, 0.1) is 11.6 Å². The molecule has 30 heavy (non-hydrogen) atoms. The molecule has 0 spiro atoms. The number of carbonyl (C=O) groups is 1. The topological polar surface area (TPSA) is 62.5 Å². The third-order valence-corrected chi connectivity index (χ3v) is 5.00. The van der Waals surface area contributed by atoms with Crippen molar-refractivity contribution in [3.05, 3.63) is 59.6 Å². The first-order chi connectivity index (χ1) is 14.2. The van der Waals surface area contributed by atoms with Crippen LogP contribution in [-0.2, 0) is 6.18 Å². The van der Waals surface area contributed by atoms with E-state index in [9.17, 15) is 26.7 Å². The highest BCUT2D eigenvalue weighted by molar-refractivity contribution is 5.89. The van der Waals surface area contributed by atoms with Crippen molar-refractivity contribution in [2.24, 2.45) is 0 Å². The van der Waals surface area contributed by atoms with Crippen LogP contribution in [0.25, 0.3) is 5.65 Å². The lowest BCUT2D eigenvalue weighted by atomic mass is 9.97. The zero-order valence-corrected chi connectivity index (χ0v) is 15.5. The van der Waals surface area contributed by atoms with Crippen LogP contribution >= 0.6 is 0 Å². The molecule has 4 rings (SSSR count). The number of halogens is 5. The number of aromatic nitrogens is 3. The van der Waals surface area contributed by atoms with Gasteiger partial charge in [-0.3, -0.25) is 4.40 Å². The molecule has 1 fully saturated rings. The SMILES string of the molecule is O=C(Nc1ccc(F)cc1F)N1CCCC(c2nnc3ccc(C(F)(F)F)cn23)C1. The maximum atomic E-state index is 13.8. The molecule has 1 aliphatic rings. The van der Waals surface area contributed by atoms with E-state index in [4.69, 9.17) is 0 Å². The van der Waals surface area contributed by atoms with Crippen molar-refractivity contribution in [2.75, 3.05) is 18.4 Å². The van der Waals surface area contributed by atoms with Gasteiger partial charge in [0.15, 0.2) is 5.65 Å². The Hall–Kier alpha value is -3.24. The molecule has 6 nitrogen and oxygen atoms in total. The van der Waals surface area contributed by atoms with Gasteiger partial charge in [0.05, 0.1) is 11.3 Å². The van der Waals surface area contributed by atoms with Crippen LogP contribution in [0.1, 0.15) is 30.1 Å². The second kappa shape index (κ2) is 7.54. The van der Waals surface area contributed by atoms with E-state index in [0.717, 1.165) is 24.4 Å². The number of likely N-dealkylation sites (tertiary alicyclic amines) is 1. The first kappa shape index (κ1) is 20.0. The van der Waals surface area contributed by atoms with Gasteiger partial charge < -0.3 is 10.2 Å². The van der Waals surface area contributed by atoms with E-state index >= 15 is 0 Å². The molecule has 0 saturated carbocycles. The molecule has 2 amide bonds. The number of carbonyl (C=O) groups excluding carboxylic acids is 1. The number of piperidine rings is 1. The van der Waals surface area contributed by atoms with E-state index in [1.165, 1.54) is 15.4 Å². The summed E-state index contributed by atoms with van der Waals surface area (Å²) >= 11 is 0. The normalized spacial score (nSPS) is 17.4. The molecule has 2 aromatic heterocycles. The number of nitrogens with one attached hydrogen (secondary N) is 1. The van der Waals surface area contributed by atoms with Crippen molar-refractivity contribution in [1.82, 2.24) is 19.5 Å². The second-order valence-corrected chi connectivity index (χ2v) is 7.04. The highest BCUT2D eigenvalue weighted by atomic mass is 19.4. The quantitative estimate of drug-likeness (QED) is 0.618. The van der Waals surface area contributed by atoms with Crippen LogP contribution < -0.4 is 5.32 Å². The Morgan fingerprint density at radius 1 is 1.13 bits per heavy atom. The van der Waals surface area contributed by atoms with Crippen molar-refractivity contribution in [2.45, 2.75) is 24.9 Å². The highest BCUT2D eigenvalue weighted by Crippen LogP contribution is 2.31. The Labute approximate surface area is 167 Å². The van der Waals surface area contributed by atoms with Gasteiger partial charge in [0.1, 0.15) is 17.5 Å². The van der Waals surface area contributed by atoms with Gasteiger partial charge in [-0.2, -0.15) is 13.2 Å². The second-order valence-electron chi connectivity index (χ2n) is 7.04. The molecule has 1 unspecified atom stereocenters. The maximum Gasteiger partial charge on any atom is 0.417 e. The van der Waals surface area contributed by atoms with Crippen LogP contribution in [0.2, 0.25) is 0 Å². The average Bonchev–Trinajstić information content (AvgIpc) is 3.13. The zero-order valence-electron chi connectivity index (χ0n) is 15.5. The number of anilines is 1. The summed E-state index contributed by atoms with van der Waals surface area (Å²) in [4.78, 5) is 14.0. The van der Waals surface area contributed by atoms with Crippen molar-refractivity contribution < 1.29 is 26.7 Å². The minimum absolute atomic E-state index is 0.161. The van der Waals surface area contributed by atoms with Gasteiger partial charge in [-0.25, -0.2) is 13.6 Å². The Morgan fingerprint density at radius 3 is 2.67 bits per heavy atom. The molecule has 1 aromatic carbocycles. The lowest BCUT2D eigenvalue weighted by Gasteiger charge is -2.32. The summed E-state index contributed by atoms with van der Waals surface area (Å²) in [6, 6.07) is 4.40. The van der Waals surface area contributed by atoms with E-state index in [1.807, 2.05) is 0 Å². The molecule has 11 heteroatoms. The van der Waals surface area contributed by atoms with Crippen molar-refractivity contribution in [3.63, 3.8) is 0 Å². The van der Waals surface area contributed by atoms with Gasteiger partial charge in [-0.15, -0.1) is 10.2 Å². The van der Waals surface area contributed by atoms with Crippen LogP contribution in [0.3, 0.4) is 0 Å². The summed E-state index contributed by atoms with van der Waals surface area (Å²) in [5.74, 6) is -1.69. The highest BCUT2D eigenvalue weighted by Gasteiger charge is 2.33. The van der Waals surface area contributed by atoms with Gasteiger partial charge in [0, 0.05) is 31.3 Å². The summed E-state index contributed by atoms with van der Waals surface area (Å²) in [5.41, 5.74) is -0.715. The maximum absolute atomic E-state index is 13.8. The number of hydrogen-bond donors (Lipinski definition) is 1. The van der Waals surface area contributed by atoms with Gasteiger partial charge in [0.2, 0.25) is 0 Å². The van der Waals surface area contributed by atoms with Crippen LogP contribution in [0.4, 0.5) is 32.4 Å². The molecule has 1 N–H and O–H groups in total.